The van der Waals surface area contributed by atoms with E-state index in [4.69, 9.17) is 5.73 Å². The second-order valence-corrected chi connectivity index (χ2v) is 4.78. The number of primary amides is 1. The largest absolute Gasteiger partial charge is 0.369 e. The first kappa shape index (κ1) is 11.1. The Labute approximate surface area is 105 Å². The van der Waals surface area contributed by atoms with Gasteiger partial charge in [-0.05, 0) is 25.0 Å². The van der Waals surface area contributed by atoms with Crippen molar-refractivity contribution in [2.45, 2.75) is 19.0 Å². The predicted octanol–water partition coefficient (Wildman–Crippen LogP) is 0.776. The smallest absolute Gasteiger partial charge is 0.257 e. The van der Waals surface area contributed by atoms with Crippen LogP contribution in [0.5, 0.6) is 0 Å². The lowest BCUT2D eigenvalue weighted by Crippen LogP contribution is -2.58. The van der Waals surface area contributed by atoms with Gasteiger partial charge >= 0.3 is 0 Å². The second kappa shape index (κ2) is 4.01. The van der Waals surface area contributed by atoms with Gasteiger partial charge in [0.25, 0.3) is 5.91 Å². The number of piperidine rings is 1. The Morgan fingerprint density at radius 3 is 2.94 bits per heavy atom. The average molecular weight is 245 g/mol. The zero-order valence-corrected chi connectivity index (χ0v) is 9.93. The average Bonchev–Trinajstić information content (AvgIpc) is 2.38. The van der Waals surface area contributed by atoms with Gasteiger partial charge in [-0.25, -0.2) is 0 Å². The minimum absolute atomic E-state index is 0.0136. The first-order valence-electron chi connectivity index (χ1n) is 6.14. The van der Waals surface area contributed by atoms with Gasteiger partial charge < -0.3 is 16.0 Å². The van der Waals surface area contributed by atoms with Gasteiger partial charge in [-0.1, -0.05) is 12.1 Å². The Kier molecular flexibility index (Phi) is 2.47. The fraction of sp³-hybridized carbons (Fsp3) is 0.385. The molecule has 94 valence electrons. The highest BCUT2D eigenvalue weighted by Gasteiger charge is 2.41. The maximum atomic E-state index is 12.4. The van der Waals surface area contributed by atoms with Crippen LogP contribution in [0.4, 0.5) is 5.69 Å². The minimum Gasteiger partial charge on any atom is -0.369 e. The third-order valence-electron chi connectivity index (χ3n) is 3.72. The molecule has 2 amide bonds. The van der Waals surface area contributed by atoms with Crippen LogP contribution in [0.15, 0.2) is 24.3 Å². The number of nitrogens with one attached hydrogen (secondary N) is 1. The summed E-state index contributed by atoms with van der Waals surface area (Å²) in [6.45, 7) is 0.675. The molecule has 3 N–H and O–H groups in total. The number of nitrogens with zero attached hydrogens (tertiary/aromatic N) is 1. The number of carbonyl (C=O) groups is 2. The van der Waals surface area contributed by atoms with Crippen molar-refractivity contribution in [2.24, 2.45) is 11.7 Å². The topological polar surface area (TPSA) is 75.4 Å². The molecule has 5 heteroatoms. The van der Waals surface area contributed by atoms with Crippen LogP contribution in [0, 0.1) is 5.92 Å². The highest BCUT2D eigenvalue weighted by Crippen LogP contribution is 2.32. The Balaban J connectivity index is 2.01. The molecule has 0 aliphatic carbocycles. The molecule has 5 nitrogen and oxygen atoms in total. The molecule has 18 heavy (non-hydrogen) atoms. The van der Waals surface area contributed by atoms with Gasteiger partial charge in [0.05, 0.1) is 11.5 Å². The van der Waals surface area contributed by atoms with Crippen LogP contribution in [0.3, 0.4) is 0 Å². The van der Waals surface area contributed by atoms with Crippen molar-refractivity contribution < 1.29 is 9.59 Å². The van der Waals surface area contributed by atoms with Crippen molar-refractivity contribution in [1.82, 2.24) is 4.90 Å². The molecule has 1 saturated heterocycles. The number of fused-ring (bicyclic) bond motifs is 2. The third kappa shape index (κ3) is 1.54. The van der Waals surface area contributed by atoms with Crippen molar-refractivity contribution >= 4 is 17.5 Å². The molecule has 1 fully saturated rings. The molecular weight excluding hydrogens is 230 g/mol. The lowest BCUT2D eigenvalue weighted by atomic mass is 9.90. The third-order valence-corrected chi connectivity index (χ3v) is 3.72. The van der Waals surface area contributed by atoms with E-state index in [0.29, 0.717) is 12.1 Å². The van der Waals surface area contributed by atoms with E-state index in [2.05, 4.69) is 5.32 Å². The summed E-state index contributed by atoms with van der Waals surface area (Å²) in [4.78, 5) is 25.5. The summed E-state index contributed by atoms with van der Waals surface area (Å²) in [5, 5.41) is 3.26. The number of rotatable bonds is 1. The second-order valence-electron chi connectivity index (χ2n) is 4.78. The quantitative estimate of drug-likeness (QED) is 0.767. The predicted molar refractivity (Wildman–Crippen MR) is 66.8 cm³/mol. The zero-order chi connectivity index (χ0) is 12.7. The summed E-state index contributed by atoms with van der Waals surface area (Å²) in [7, 11) is 0. The van der Waals surface area contributed by atoms with Crippen molar-refractivity contribution in [1.29, 1.82) is 0 Å². The number of anilines is 1. The summed E-state index contributed by atoms with van der Waals surface area (Å²) >= 11 is 0. The molecule has 2 atom stereocenters. The molecule has 2 aliphatic rings. The Hall–Kier alpha value is -2.04. The zero-order valence-electron chi connectivity index (χ0n) is 9.93. The summed E-state index contributed by atoms with van der Waals surface area (Å²) in [6, 6.07) is 7.37. The molecule has 1 aromatic carbocycles. The number of carbonyl (C=O) groups excluding carboxylic acids is 2. The summed E-state index contributed by atoms with van der Waals surface area (Å²) in [6.07, 6.45) is 1.26. The van der Waals surface area contributed by atoms with Gasteiger partial charge in [0, 0.05) is 12.2 Å². The number of hydrogen-bond acceptors (Lipinski definition) is 3. The van der Waals surface area contributed by atoms with Gasteiger partial charge in [0.2, 0.25) is 5.91 Å². The minimum atomic E-state index is -0.343. The number of nitrogens with two attached hydrogens (primary N) is 1. The van der Waals surface area contributed by atoms with E-state index in [1.54, 1.807) is 11.0 Å². The van der Waals surface area contributed by atoms with Crippen molar-refractivity contribution in [2.75, 3.05) is 11.9 Å². The summed E-state index contributed by atoms with van der Waals surface area (Å²) < 4.78 is 0. The SMILES string of the molecule is NC(=O)[C@@H]1CCCN2C(=O)c3ccccc3N[C@H]12. The maximum Gasteiger partial charge on any atom is 0.257 e. The highest BCUT2D eigenvalue weighted by atomic mass is 16.2. The van der Waals surface area contributed by atoms with Crippen LogP contribution in [0.1, 0.15) is 23.2 Å². The maximum absolute atomic E-state index is 12.4. The highest BCUT2D eigenvalue weighted by molar-refractivity contribution is 6.02. The number of hydrogen-bond donors (Lipinski definition) is 2. The van der Waals surface area contributed by atoms with Crippen molar-refractivity contribution in [3.63, 3.8) is 0 Å². The Morgan fingerprint density at radius 1 is 1.39 bits per heavy atom. The molecule has 3 rings (SSSR count). The molecule has 0 saturated carbocycles. The fourth-order valence-corrected chi connectivity index (χ4v) is 2.81. The first-order valence-corrected chi connectivity index (χ1v) is 6.14. The summed E-state index contributed by atoms with van der Waals surface area (Å²) in [5.41, 5.74) is 6.88. The first-order chi connectivity index (χ1) is 8.68. The summed E-state index contributed by atoms with van der Waals surface area (Å²) in [5.74, 6) is -0.666. The van der Waals surface area contributed by atoms with Crippen molar-refractivity contribution in [3.05, 3.63) is 29.8 Å². The van der Waals surface area contributed by atoms with E-state index in [-0.39, 0.29) is 23.9 Å². The monoisotopic (exact) mass is 245 g/mol. The molecule has 2 aliphatic heterocycles. The van der Waals surface area contributed by atoms with Crippen LogP contribution in [-0.4, -0.2) is 29.4 Å². The standard InChI is InChI=1S/C13H15N3O2/c14-11(17)9-5-3-7-16-12(9)15-10-6-2-1-4-8(10)13(16)18/h1-2,4,6,9,12,15H,3,5,7H2,(H2,14,17)/t9-,12-/m0/s1. The van der Waals surface area contributed by atoms with E-state index >= 15 is 0 Å². The molecule has 1 aromatic rings. The molecule has 0 radical (unpaired) electrons. The number of benzene rings is 1. The van der Waals surface area contributed by atoms with Crippen LogP contribution < -0.4 is 11.1 Å². The van der Waals surface area contributed by atoms with E-state index in [1.807, 2.05) is 18.2 Å². The van der Waals surface area contributed by atoms with Gasteiger partial charge in [-0.3, -0.25) is 9.59 Å². The fourth-order valence-electron chi connectivity index (χ4n) is 2.81. The normalized spacial score (nSPS) is 26.0. The van der Waals surface area contributed by atoms with Gasteiger partial charge in [-0.15, -0.1) is 0 Å². The lowest BCUT2D eigenvalue weighted by Gasteiger charge is -2.44. The molecule has 0 bridgehead atoms. The molecule has 2 heterocycles. The van der Waals surface area contributed by atoms with Crippen LogP contribution in [0.25, 0.3) is 0 Å². The van der Waals surface area contributed by atoms with Gasteiger partial charge in [0.1, 0.15) is 6.17 Å². The number of amides is 2. The van der Waals surface area contributed by atoms with Crippen LogP contribution >= 0.6 is 0 Å². The number of para-hydroxylation sites is 1. The van der Waals surface area contributed by atoms with Crippen LogP contribution in [0.2, 0.25) is 0 Å². The Bertz CT molecular complexity index is 515. The van der Waals surface area contributed by atoms with Crippen LogP contribution in [-0.2, 0) is 4.79 Å². The molecule has 0 spiro atoms. The van der Waals surface area contributed by atoms with E-state index in [9.17, 15) is 9.59 Å². The molecular formula is C13H15N3O2. The molecule has 0 aromatic heterocycles. The van der Waals surface area contributed by atoms with E-state index in [1.165, 1.54) is 0 Å². The molecule has 0 unspecified atom stereocenters. The van der Waals surface area contributed by atoms with Crippen molar-refractivity contribution in [3.8, 4) is 0 Å². The van der Waals surface area contributed by atoms with E-state index in [0.717, 1.165) is 18.5 Å². The van der Waals surface area contributed by atoms with E-state index < -0.39 is 0 Å². The Morgan fingerprint density at radius 2 is 2.17 bits per heavy atom. The van der Waals surface area contributed by atoms with Gasteiger partial charge in [0.15, 0.2) is 0 Å². The van der Waals surface area contributed by atoms with Gasteiger partial charge in [-0.2, -0.15) is 0 Å². The lowest BCUT2D eigenvalue weighted by molar-refractivity contribution is -0.124.